The van der Waals surface area contributed by atoms with Crippen LogP contribution in [0.15, 0.2) is 48.5 Å². The van der Waals surface area contributed by atoms with Gasteiger partial charge in [-0.1, -0.05) is 0 Å². The molecular weight excluding hydrogens is 378 g/mol. The predicted molar refractivity (Wildman–Crippen MR) is 106 cm³/mol. The molecule has 0 bridgehead atoms. The smallest absolute Gasteiger partial charge is 0.387 e. The third kappa shape index (κ3) is 3.79. The molecule has 2 aliphatic rings. The van der Waals surface area contributed by atoms with Crippen LogP contribution in [0.4, 0.5) is 14.5 Å². The highest BCUT2D eigenvalue weighted by atomic mass is 19.3. The van der Waals surface area contributed by atoms with Crippen molar-refractivity contribution in [1.29, 1.82) is 0 Å². The molecule has 2 heterocycles. The van der Waals surface area contributed by atoms with Crippen molar-refractivity contribution in [1.82, 2.24) is 0 Å². The van der Waals surface area contributed by atoms with Gasteiger partial charge in [-0.15, -0.1) is 0 Å². The highest BCUT2D eigenvalue weighted by Gasteiger charge is 2.54. The zero-order valence-electron chi connectivity index (χ0n) is 16.4. The van der Waals surface area contributed by atoms with Crippen LogP contribution in [0.3, 0.4) is 0 Å². The van der Waals surface area contributed by atoms with Crippen molar-refractivity contribution in [3.05, 3.63) is 54.1 Å². The number of hydrogen-bond acceptors (Lipinski definition) is 4. The van der Waals surface area contributed by atoms with Crippen LogP contribution in [0, 0.1) is 0 Å². The van der Waals surface area contributed by atoms with E-state index in [9.17, 15) is 13.9 Å². The number of methoxy groups -OCH3 is 1. The van der Waals surface area contributed by atoms with Crippen molar-refractivity contribution in [3.8, 4) is 11.5 Å². The Labute approximate surface area is 168 Å². The maximum absolute atomic E-state index is 12.5. The largest absolute Gasteiger partial charge is 0.497 e. The van der Waals surface area contributed by atoms with Gasteiger partial charge < -0.3 is 14.6 Å². The lowest BCUT2D eigenvalue weighted by Gasteiger charge is -2.29. The molecule has 0 amide bonds. The van der Waals surface area contributed by atoms with Crippen LogP contribution in [0.1, 0.15) is 31.2 Å². The Bertz CT molecular complexity index is 884. The fourth-order valence-electron chi connectivity index (χ4n) is 4.24. The first-order valence-corrected chi connectivity index (χ1v) is 9.84. The average molecular weight is 403 g/mol. The molecule has 2 aliphatic heterocycles. The molecule has 154 valence electrons. The number of aliphatic hydroxyl groups is 1. The third-order valence-corrected chi connectivity index (χ3v) is 5.61. The van der Waals surface area contributed by atoms with Crippen LogP contribution < -0.4 is 14.4 Å². The van der Waals surface area contributed by atoms with Gasteiger partial charge in [-0.25, -0.2) is 0 Å². The molecule has 1 atom stereocenters. The molecule has 0 saturated carbocycles. The van der Waals surface area contributed by atoms with Gasteiger partial charge in [-0.05, 0) is 67.8 Å². The lowest BCUT2D eigenvalue weighted by molar-refractivity contribution is -0.534. The summed E-state index contributed by atoms with van der Waals surface area (Å²) >= 11 is 0. The summed E-state index contributed by atoms with van der Waals surface area (Å²) in [5.41, 5.74) is 0.195. The number of ether oxygens (including phenoxy) is 2. The molecule has 2 aromatic carbocycles. The minimum atomic E-state index is -2.88. The van der Waals surface area contributed by atoms with E-state index in [-0.39, 0.29) is 5.75 Å². The summed E-state index contributed by atoms with van der Waals surface area (Å²) in [5, 5.41) is 11.8. The normalized spacial score (nSPS) is 21.9. The Morgan fingerprint density at radius 1 is 1.00 bits per heavy atom. The van der Waals surface area contributed by atoms with Crippen molar-refractivity contribution < 1.29 is 27.9 Å². The lowest BCUT2D eigenvalue weighted by Crippen LogP contribution is -2.47. The van der Waals surface area contributed by atoms with E-state index in [1.165, 1.54) is 12.1 Å². The monoisotopic (exact) mass is 403 g/mol. The fourth-order valence-corrected chi connectivity index (χ4v) is 4.24. The topological polar surface area (TPSA) is 44.9 Å². The molecule has 0 aliphatic carbocycles. The first kappa shape index (κ1) is 19.6. The maximum Gasteiger partial charge on any atom is 0.387 e. The van der Waals surface area contributed by atoms with Gasteiger partial charge in [0.2, 0.25) is 0 Å². The molecule has 0 saturated heterocycles. The molecule has 1 N–H and O–H groups in total. The van der Waals surface area contributed by atoms with Gasteiger partial charge in [0.15, 0.2) is 6.54 Å². The fraction of sp³-hybridized carbons (Fsp3) is 0.409. The number of amidine groups is 1. The second-order valence-corrected chi connectivity index (χ2v) is 7.40. The summed E-state index contributed by atoms with van der Waals surface area (Å²) in [5.74, 6) is 1.90. The first-order chi connectivity index (χ1) is 14.0. The molecule has 0 spiro atoms. The highest BCUT2D eigenvalue weighted by molar-refractivity contribution is 5.97. The molecule has 0 fully saturated rings. The van der Waals surface area contributed by atoms with Crippen LogP contribution in [-0.2, 0) is 5.72 Å². The molecule has 2 aromatic rings. The Balaban J connectivity index is 1.73. The van der Waals surface area contributed by atoms with Crippen molar-refractivity contribution in [2.45, 2.75) is 38.0 Å². The van der Waals surface area contributed by atoms with Gasteiger partial charge in [-0.2, -0.15) is 13.7 Å². The van der Waals surface area contributed by atoms with E-state index >= 15 is 0 Å². The third-order valence-electron chi connectivity index (χ3n) is 5.61. The average Bonchev–Trinajstić information content (AvgIpc) is 2.84. The summed E-state index contributed by atoms with van der Waals surface area (Å²) in [6, 6.07) is 13.9. The molecule has 4 rings (SSSR count). The summed E-state index contributed by atoms with van der Waals surface area (Å²) in [6.45, 7) is -1.57. The molecule has 0 aromatic heterocycles. The molecule has 29 heavy (non-hydrogen) atoms. The molecular formula is C22H25F2N2O3+. The van der Waals surface area contributed by atoms with Crippen LogP contribution in [0.2, 0.25) is 0 Å². The van der Waals surface area contributed by atoms with Crippen LogP contribution in [-0.4, -0.2) is 42.3 Å². The van der Waals surface area contributed by atoms with E-state index in [4.69, 9.17) is 4.74 Å². The van der Waals surface area contributed by atoms with Gasteiger partial charge in [-0.3, -0.25) is 4.58 Å². The summed E-state index contributed by atoms with van der Waals surface area (Å²) in [6.07, 6.45) is 4.18. The van der Waals surface area contributed by atoms with Gasteiger partial charge >= 0.3 is 6.61 Å². The summed E-state index contributed by atoms with van der Waals surface area (Å²) in [7, 11) is 1.62. The van der Waals surface area contributed by atoms with E-state index in [1.807, 2.05) is 29.2 Å². The van der Waals surface area contributed by atoms with Crippen molar-refractivity contribution in [2.24, 2.45) is 0 Å². The first-order valence-electron chi connectivity index (χ1n) is 9.84. The number of hydrogen-bond donors (Lipinski definition) is 1. The van der Waals surface area contributed by atoms with Crippen LogP contribution in [0.5, 0.6) is 11.5 Å². The van der Waals surface area contributed by atoms with Gasteiger partial charge in [0.1, 0.15) is 17.2 Å². The van der Waals surface area contributed by atoms with Crippen molar-refractivity contribution in [2.75, 3.05) is 25.1 Å². The number of benzene rings is 2. The quantitative estimate of drug-likeness (QED) is 0.768. The number of rotatable bonds is 5. The Hall–Kier alpha value is -2.67. The second-order valence-electron chi connectivity index (χ2n) is 7.40. The molecule has 5 nitrogen and oxygen atoms in total. The van der Waals surface area contributed by atoms with Crippen molar-refractivity contribution in [3.63, 3.8) is 0 Å². The molecule has 0 unspecified atom stereocenters. The van der Waals surface area contributed by atoms with Gasteiger partial charge in [0.25, 0.3) is 11.6 Å². The standard InChI is InChI=1S/C22H25F2N2O3/c1-28-18-12-8-17(9-13-18)26-20-5-3-2-4-14-25(20)15-22(26,27)16-6-10-19(11-7-16)29-21(23)24/h6-13,21,27H,2-5,14-15H2,1H3/q+1/t22-/m0/s1. The second kappa shape index (κ2) is 7.99. The number of halogens is 2. The summed E-state index contributed by atoms with van der Waals surface area (Å²) in [4.78, 5) is 1.97. The van der Waals surface area contributed by atoms with E-state index in [2.05, 4.69) is 9.31 Å². The van der Waals surface area contributed by atoms with E-state index in [0.717, 1.165) is 49.5 Å². The maximum atomic E-state index is 12.5. The number of alkyl halides is 2. The predicted octanol–water partition coefficient (Wildman–Crippen LogP) is 3.95. The van der Waals surface area contributed by atoms with E-state index in [0.29, 0.717) is 12.1 Å². The van der Waals surface area contributed by atoms with Gasteiger partial charge in [0.05, 0.1) is 13.7 Å². The Morgan fingerprint density at radius 3 is 2.34 bits per heavy atom. The van der Waals surface area contributed by atoms with Gasteiger partial charge in [0, 0.05) is 12.0 Å². The highest BCUT2D eigenvalue weighted by Crippen LogP contribution is 2.38. The minimum Gasteiger partial charge on any atom is -0.497 e. The molecule has 7 heteroatoms. The van der Waals surface area contributed by atoms with Crippen LogP contribution in [0.25, 0.3) is 0 Å². The van der Waals surface area contributed by atoms with E-state index in [1.54, 1.807) is 19.2 Å². The number of anilines is 1. The zero-order valence-corrected chi connectivity index (χ0v) is 16.4. The van der Waals surface area contributed by atoms with Crippen LogP contribution >= 0.6 is 0 Å². The molecule has 0 radical (unpaired) electrons. The van der Waals surface area contributed by atoms with E-state index < -0.39 is 12.3 Å². The Morgan fingerprint density at radius 2 is 1.69 bits per heavy atom. The number of nitrogens with zero attached hydrogens (tertiary/aromatic N) is 2. The summed E-state index contributed by atoms with van der Waals surface area (Å²) < 4.78 is 36.9. The Kier molecular flexibility index (Phi) is 5.41. The SMILES string of the molecule is COc1ccc(N2C3=[N+](CCCCC3)C[C@]2(O)c2ccc(OC(F)F)cc2)cc1. The van der Waals surface area contributed by atoms with Crippen molar-refractivity contribution >= 4 is 11.5 Å². The minimum absolute atomic E-state index is 0.0727. The lowest BCUT2D eigenvalue weighted by atomic mass is 9.99. The zero-order chi connectivity index (χ0) is 20.4.